The minimum absolute atomic E-state index is 0.00835. The number of carbonyl (C=O) groups is 1. The number of hydrogen-bond acceptors (Lipinski definition) is 4. The topological polar surface area (TPSA) is 56.6 Å². The molecule has 1 atom stereocenters. The zero-order chi connectivity index (χ0) is 23.5. The Morgan fingerprint density at radius 2 is 1.82 bits per heavy atom. The van der Waals surface area contributed by atoms with Crippen LogP contribution >= 0.6 is 11.6 Å². The molecule has 1 aromatic heterocycles. The number of ether oxygens (including phenoxy) is 2. The van der Waals surface area contributed by atoms with E-state index in [9.17, 15) is 4.79 Å². The van der Waals surface area contributed by atoms with Crippen LogP contribution in [0.1, 0.15) is 24.6 Å². The number of aromatic nitrogens is 2. The standard InChI is InChI=1S/C27H26ClN3O3/c1-33-24-12-4-5-13-25(24)34-15-7-14-30-23-11-3-2-10-22(23)29-27(30)19-16-26(32)31(18-19)21-9-6-8-20(28)17-21/h2-6,8-13,17,19H,7,14-16,18H2,1H3/t19-/m0/s1. The summed E-state index contributed by atoms with van der Waals surface area (Å²) in [4.78, 5) is 19.6. The highest BCUT2D eigenvalue weighted by molar-refractivity contribution is 6.30. The summed E-state index contributed by atoms with van der Waals surface area (Å²) in [6.45, 7) is 1.87. The molecule has 0 spiro atoms. The van der Waals surface area contributed by atoms with Gasteiger partial charge in [0.25, 0.3) is 0 Å². The van der Waals surface area contributed by atoms with Gasteiger partial charge in [0.15, 0.2) is 11.5 Å². The second-order valence-electron chi connectivity index (χ2n) is 8.35. The van der Waals surface area contributed by atoms with Crippen LogP contribution in [-0.4, -0.2) is 35.7 Å². The summed E-state index contributed by atoms with van der Waals surface area (Å²) in [6, 6.07) is 23.2. The van der Waals surface area contributed by atoms with Gasteiger partial charge < -0.3 is 18.9 Å². The first-order valence-corrected chi connectivity index (χ1v) is 11.8. The van der Waals surface area contributed by atoms with Crippen molar-refractivity contribution in [3.8, 4) is 11.5 Å². The van der Waals surface area contributed by atoms with E-state index >= 15 is 0 Å². The molecule has 1 fully saturated rings. The first-order valence-electron chi connectivity index (χ1n) is 11.4. The van der Waals surface area contributed by atoms with Gasteiger partial charge >= 0.3 is 0 Å². The van der Waals surface area contributed by atoms with Crippen molar-refractivity contribution >= 4 is 34.2 Å². The van der Waals surface area contributed by atoms with Crippen LogP contribution in [0.5, 0.6) is 11.5 Å². The third-order valence-corrected chi connectivity index (χ3v) is 6.38. The predicted octanol–water partition coefficient (Wildman–Crippen LogP) is 5.69. The van der Waals surface area contributed by atoms with Gasteiger partial charge in [0.1, 0.15) is 5.82 Å². The van der Waals surface area contributed by atoms with E-state index in [0.717, 1.165) is 47.0 Å². The summed E-state index contributed by atoms with van der Waals surface area (Å²) in [5.41, 5.74) is 2.84. The molecule has 0 unspecified atom stereocenters. The van der Waals surface area contributed by atoms with Crippen molar-refractivity contribution in [2.75, 3.05) is 25.2 Å². The van der Waals surface area contributed by atoms with Gasteiger partial charge in [0.2, 0.25) is 5.91 Å². The van der Waals surface area contributed by atoms with E-state index < -0.39 is 0 Å². The zero-order valence-corrected chi connectivity index (χ0v) is 19.7. The maximum Gasteiger partial charge on any atom is 0.227 e. The van der Waals surface area contributed by atoms with Crippen molar-refractivity contribution in [3.05, 3.63) is 83.6 Å². The van der Waals surface area contributed by atoms with E-state index in [1.54, 1.807) is 7.11 Å². The summed E-state index contributed by atoms with van der Waals surface area (Å²) in [7, 11) is 1.64. The van der Waals surface area contributed by atoms with Crippen LogP contribution in [0.2, 0.25) is 5.02 Å². The number of carbonyl (C=O) groups excluding carboxylic acids is 1. The van der Waals surface area contributed by atoms with Gasteiger partial charge in [-0.05, 0) is 48.9 Å². The fourth-order valence-corrected chi connectivity index (χ4v) is 4.74. The van der Waals surface area contributed by atoms with Gasteiger partial charge in [0, 0.05) is 36.1 Å². The number of hydrogen-bond donors (Lipinski definition) is 0. The normalized spacial score (nSPS) is 15.8. The largest absolute Gasteiger partial charge is 0.493 e. The number of anilines is 1. The molecule has 4 aromatic rings. The Balaban J connectivity index is 1.35. The first-order chi connectivity index (χ1) is 16.6. The summed E-state index contributed by atoms with van der Waals surface area (Å²) in [5.74, 6) is 2.50. The molecule has 1 saturated heterocycles. The van der Waals surface area contributed by atoms with Gasteiger partial charge in [-0.3, -0.25) is 4.79 Å². The molecule has 0 radical (unpaired) electrons. The van der Waals surface area contributed by atoms with E-state index in [2.05, 4.69) is 10.6 Å². The number of fused-ring (bicyclic) bond motifs is 1. The number of benzene rings is 3. The lowest BCUT2D eigenvalue weighted by Crippen LogP contribution is -2.24. The van der Waals surface area contributed by atoms with Gasteiger partial charge in [-0.2, -0.15) is 0 Å². The summed E-state index contributed by atoms with van der Waals surface area (Å²) < 4.78 is 13.6. The van der Waals surface area contributed by atoms with E-state index in [0.29, 0.717) is 24.6 Å². The van der Waals surface area contributed by atoms with Crippen LogP contribution in [0.4, 0.5) is 5.69 Å². The number of methoxy groups -OCH3 is 1. The Kier molecular flexibility index (Phi) is 6.41. The van der Waals surface area contributed by atoms with Crippen molar-refractivity contribution in [1.82, 2.24) is 9.55 Å². The van der Waals surface area contributed by atoms with E-state index in [4.69, 9.17) is 26.1 Å². The molecule has 34 heavy (non-hydrogen) atoms. The van der Waals surface area contributed by atoms with Crippen LogP contribution in [-0.2, 0) is 11.3 Å². The lowest BCUT2D eigenvalue weighted by molar-refractivity contribution is -0.117. The van der Waals surface area contributed by atoms with Crippen molar-refractivity contribution < 1.29 is 14.3 Å². The minimum Gasteiger partial charge on any atom is -0.493 e. The number of halogens is 1. The van der Waals surface area contributed by atoms with E-state index in [1.165, 1.54) is 0 Å². The fourth-order valence-electron chi connectivity index (χ4n) is 4.56. The quantitative estimate of drug-likeness (QED) is 0.307. The Labute approximate surface area is 203 Å². The van der Waals surface area contributed by atoms with Crippen molar-refractivity contribution in [2.45, 2.75) is 25.3 Å². The molecule has 0 saturated carbocycles. The Morgan fingerprint density at radius 3 is 2.65 bits per heavy atom. The number of para-hydroxylation sites is 4. The lowest BCUT2D eigenvalue weighted by Gasteiger charge is -2.18. The Hall–Kier alpha value is -3.51. The first kappa shape index (κ1) is 22.3. The van der Waals surface area contributed by atoms with Crippen molar-refractivity contribution in [1.29, 1.82) is 0 Å². The highest BCUT2D eigenvalue weighted by Gasteiger charge is 2.34. The number of rotatable bonds is 8. The number of amides is 1. The van der Waals surface area contributed by atoms with Crippen molar-refractivity contribution in [3.63, 3.8) is 0 Å². The van der Waals surface area contributed by atoms with Crippen LogP contribution < -0.4 is 14.4 Å². The van der Waals surface area contributed by atoms with Gasteiger partial charge in [-0.1, -0.05) is 41.9 Å². The van der Waals surface area contributed by atoms with Crippen LogP contribution in [0.15, 0.2) is 72.8 Å². The fraction of sp³-hybridized carbons (Fsp3) is 0.259. The molecule has 0 aliphatic carbocycles. The molecule has 7 heteroatoms. The highest BCUT2D eigenvalue weighted by Crippen LogP contribution is 2.34. The smallest absolute Gasteiger partial charge is 0.227 e. The molecular weight excluding hydrogens is 450 g/mol. The van der Waals surface area contributed by atoms with E-state index in [1.807, 2.05) is 71.6 Å². The Bertz CT molecular complexity index is 1320. The molecule has 1 aliphatic rings. The van der Waals surface area contributed by atoms with Crippen molar-refractivity contribution in [2.24, 2.45) is 0 Å². The molecule has 6 nitrogen and oxygen atoms in total. The molecule has 1 aliphatic heterocycles. The average Bonchev–Trinajstić information content (AvgIpc) is 3.42. The number of nitrogens with zero attached hydrogens (tertiary/aromatic N) is 3. The van der Waals surface area contributed by atoms with Gasteiger partial charge in [-0.15, -0.1) is 0 Å². The maximum absolute atomic E-state index is 12.9. The molecule has 2 heterocycles. The molecule has 0 bridgehead atoms. The van der Waals surface area contributed by atoms with Crippen LogP contribution in [0, 0.1) is 0 Å². The van der Waals surface area contributed by atoms with Gasteiger partial charge in [-0.25, -0.2) is 4.98 Å². The zero-order valence-electron chi connectivity index (χ0n) is 19.0. The third-order valence-electron chi connectivity index (χ3n) is 6.15. The van der Waals surface area contributed by atoms with Crippen LogP contribution in [0.25, 0.3) is 11.0 Å². The molecule has 174 valence electrons. The second-order valence-corrected chi connectivity index (χ2v) is 8.78. The summed E-state index contributed by atoms with van der Waals surface area (Å²) in [6.07, 6.45) is 1.22. The van der Waals surface area contributed by atoms with Gasteiger partial charge in [0.05, 0.1) is 24.8 Å². The van der Waals surface area contributed by atoms with E-state index in [-0.39, 0.29) is 11.8 Å². The number of imidazole rings is 1. The average molecular weight is 476 g/mol. The summed E-state index contributed by atoms with van der Waals surface area (Å²) >= 11 is 6.16. The summed E-state index contributed by atoms with van der Waals surface area (Å²) in [5, 5.41) is 0.621. The SMILES string of the molecule is COc1ccccc1OCCCn1c([C@H]2CC(=O)N(c3cccc(Cl)c3)C2)nc2ccccc21. The third kappa shape index (κ3) is 4.46. The predicted molar refractivity (Wildman–Crippen MR) is 134 cm³/mol. The monoisotopic (exact) mass is 475 g/mol. The Morgan fingerprint density at radius 1 is 1.03 bits per heavy atom. The molecule has 3 aromatic carbocycles. The lowest BCUT2D eigenvalue weighted by atomic mass is 10.1. The molecule has 1 amide bonds. The maximum atomic E-state index is 12.9. The molecular formula is C27H26ClN3O3. The number of aryl methyl sites for hydroxylation is 1. The molecule has 0 N–H and O–H groups in total. The second kappa shape index (κ2) is 9.77. The minimum atomic E-state index is 0.00835. The van der Waals surface area contributed by atoms with Crippen LogP contribution in [0.3, 0.4) is 0 Å². The molecule has 5 rings (SSSR count). The highest BCUT2D eigenvalue weighted by atomic mass is 35.5.